The molecule has 2 N–H and O–H groups in total. The Bertz CT molecular complexity index is 104. The highest BCUT2D eigenvalue weighted by atomic mass is 16.3. The summed E-state index contributed by atoms with van der Waals surface area (Å²) in [4.78, 5) is 0. The SMILES string of the molecule is CCCC(CO)(CCC)C(C)O. The van der Waals surface area contributed by atoms with Crippen LogP contribution in [0.4, 0.5) is 0 Å². The Morgan fingerprint density at radius 3 is 1.75 bits per heavy atom. The Balaban J connectivity index is 4.28. The van der Waals surface area contributed by atoms with Gasteiger partial charge in [0.25, 0.3) is 0 Å². The Morgan fingerprint density at radius 2 is 1.58 bits per heavy atom. The number of aliphatic hydroxyl groups is 2. The second-order valence-electron chi connectivity index (χ2n) is 3.70. The molecule has 1 unspecified atom stereocenters. The molecular formula is C10H22O2. The molecule has 74 valence electrons. The van der Waals surface area contributed by atoms with Crippen LogP contribution in [0.3, 0.4) is 0 Å². The zero-order valence-electron chi connectivity index (χ0n) is 8.51. The molecule has 0 fully saturated rings. The zero-order valence-corrected chi connectivity index (χ0v) is 8.51. The van der Waals surface area contributed by atoms with Crippen molar-refractivity contribution >= 4 is 0 Å². The van der Waals surface area contributed by atoms with Gasteiger partial charge in [0.2, 0.25) is 0 Å². The van der Waals surface area contributed by atoms with Gasteiger partial charge in [0.05, 0.1) is 12.7 Å². The van der Waals surface area contributed by atoms with E-state index in [0.29, 0.717) is 0 Å². The number of hydrogen-bond acceptors (Lipinski definition) is 2. The molecule has 0 saturated carbocycles. The Kier molecular flexibility index (Phi) is 5.51. The van der Waals surface area contributed by atoms with Crippen LogP contribution in [-0.2, 0) is 0 Å². The lowest BCUT2D eigenvalue weighted by molar-refractivity contribution is -0.0202. The quantitative estimate of drug-likeness (QED) is 0.646. The summed E-state index contributed by atoms with van der Waals surface area (Å²) in [6.07, 6.45) is 3.46. The Hall–Kier alpha value is -0.0800. The maximum absolute atomic E-state index is 9.56. The van der Waals surface area contributed by atoms with E-state index in [0.717, 1.165) is 25.7 Å². The van der Waals surface area contributed by atoms with Gasteiger partial charge < -0.3 is 10.2 Å². The average molecular weight is 174 g/mol. The molecule has 2 nitrogen and oxygen atoms in total. The van der Waals surface area contributed by atoms with E-state index in [1.165, 1.54) is 0 Å². The minimum atomic E-state index is -0.401. The molecule has 1 atom stereocenters. The van der Waals surface area contributed by atoms with Crippen molar-refractivity contribution in [2.45, 2.75) is 52.6 Å². The molecule has 0 bridgehead atoms. The molecule has 12 heavy (non-hydrogen) atoms. The molecule has 0 aliphatic rings. The lowest BCUT2D eigenvalue weighted by Crippen LogP contribution is -2.36. The van der Waals surface area contributed by atoms with E-state index in [4.69, 9.17) is 0 Å². The van der Waals surface area contributed by atoms with Gasteiger partial charge in [-0.2, -0.15) is 0 Å². The zero-order chi connectivity index (χ0) is 9.61. The summed E-state index contributed by atoms with van der Waals surface area (Å²) in [7, 11) is 0. The lowest BCUT2D eigenvalue weighted by Gasteiger charge is -2.34. The van der Waals surface area contributed by atoms with Crippen LogP contribution in [0.2, 0.25) is 0 Å². The van der Waals surface area contributed by atoms with Crippen molar-refractivity contribution in [2.75, 3.05) is 6.61 Å². The van der Waals surface area contributed by atoms with Crippen molar-refractivity contribution in [1.29, 1.82) is 0 Å². The molecule has 0 aromatic rings. The fraction of sp³-hybridized carbons (Fsp3) is 1.00. The summed E-state index contributed by atoms with van der Waals surface area (Å²) < 4.78 is 0. The largest absolute Gasteiger partial charge is 0.396 e. The van der Waals surface area contributed by atoms with Crippen LogP contribution in [0.15, 0.2) is 0 Å². The molecule has 0 radical (unpaired) electrons. The van der Waals surface area contributed by atoms with Crippen LogP contribution in [0.5, 0.6) is 0 Å². The predicted octanol–water partition coefficient (Wildman–Crippen LogP) is 1.95. The van der Waals surface area contributed by atoms with Crippen molar-refractivity contribution in [1.82, 2.24) is 0 Å². The fourth-order valence-corrected chi connectivity index (χ4v) is 1.83. The molecular weight excluding hydrogens is 152 g/mol. The van der Waals surface area contributed by atoms with Crippen LogP contribution in [0.25, 0.3) is 0 Å². The van der Waals surface area contributed by atoms with Crippen LogP contribution in [0.1, 0.15) is 46.5 Å². The Labute approximate surface area is 75.6 Å². The normalized spacial score (nSPS) is 14.8. The Morgan fingerprint density at radius 1 is 1.17 bits per heavy atom. The van der Waals surface area contributed by atoms with Crippen LogP contribution in [-0.4, -0.2) is 22.9 Å². The maximum atomic E-state index is 9.56. The van der Waals surface area contributed by atoms with E-state index < -0.39 is 6.10 Å². The summed E-state index contributed by atoms with van der Waals surface area (Å²) in [5.41, 5.74) is -0.247. The van der Waals surface area contributed by atoms with Gasteiger partial charge in [0, 0.05) is 5.41 Å². The van der Waals surface area contributed by atoms with Crippen molar-refractivity contribution in [3.05, 3.63) is 0 Å². The first-order valence-electron chi connectivity index (χ1n) is 4.92. The van der Waals surface area contributed by atoms with Gasteiger partial charge in [0.15, 0.2) is 0 Å². The second-order valence-corrected chi connectivity index (χ2v) is 3.70. The van der Waals surface area contributed by atoms with Crippen molar-refractivity contribution in [3.63, 3.8) is 0 Å². The third-order valence-electron chi connectivity index (χ3n) is 2.70. The van der Waals surface area contributed by atoms with E-state index in [1.807, 2.05) is 0 Å². The average Bonchev–Trinajstić information content (AvgIpc) is 2.03. The van der Waals surface area contributed by atoms with E-state index in [1.54, 1.807) is 6.92 Å². The van der Waals surface area contributed by atoms with E-state index >= 15 is 0 Å². The molecule has 0 aliphatic carbocycles. The van der Waals surface area contributed by atoms with Gasteiger partial charge in [-0.1, -0.05) is 26.7 Å². The molecule has 0 rings (SSSR count). The van der Waals surface area contributed by atoms with Gasteiger partial charge in [-0.05, 0) is 19.8 Å². The fourth-order valence-electron chi connectivity index (χ4n) is 1.83. The van der Waals surface area contributed by atoms with E-state index in [9.17, 15) is 10.2 Å². The minimum absolute atomic E-state index is 0.104. The van der Waals surface area contributed by atoms with Gasteiger partial charge >= 0.3 is 0 Å². The second kappa shape index (κ2) is 5.55. The van der Waals surface area contributed by atoms with Gasteiger partial charge in [-0.15, -0.1) is 0 Å². The highest BCUT2D eigenvalue weighted by Gasteiger charge is 2.32. The molecule has 0 aliphatic heterocycles. The monoisotopic (exact) mass is 174 g/mol. The van der Waals surface area contributed by atoms with Gasteiger partial charge in [-0.25, -0.2) is 0 Å². The molecule has 0 amide bonds. The number of hydrogen-bond donors (Lipinski definition) is 2. The minimum Gasteiger partial charge on any atom is -0.396 e. The number of aliphatic hydroxyl groups excluding tert-OH is 2. The molecule has 0 aromatic carbocycles. The van der Waals surface area contributed by atoms with Gasteiger partial charge in [-0.3, -0.25) is 0 Å². The summed E-state index contributed by atoms with van der Waals surface area (Å²) in [6.45, 7) is 6.05. The third kappa shape index (κ3) is 2.76. The first-order valence-corrected chi connectivity index (χ1v) is 4.92. The van der Waals surface area contributed by atoms with Crippen LogP contribution in [0, 0.1) is 5.41 Å². The van der Waals surface area contributed by atoms with Crippen LogP contribution >= 0.6 is 0 Å². The van der Waals surface area contributed by atoms with Crippen molar-refractivity contribution < 1.29 is 10.2 Å². The third-order valence-corrected chi connectivity index (χ3v) is 2.70. The summed E-state index contributed by atoms with van der Waals surface area (Å²) in [5.74, 6) is 0. The van der Waals surface area contributed by atoms with E-state index in [-0.39, 0.29) is 12.0 Å². The molecule has 2 heteroatoms. The molecule has 0 aromatic heterocycles. The first-order chi connectivity index (χ1) is 5.63. The standard InChI is InChI=1S/C10H22O2/c1-4-6-10(8-11,7-5-2)9(3)12/h9,11-12H,4-8H2,1-3H3. The lowest BCUT2D eigenvalue weighted by atomic mass is 9.76. The van der Waals surface area contributed by atoms with Crippen molar-refractivity contribution in [2.24, 2.45) is 5.41 Å². The van der Waals surface area contributed by atoms with Crippen LogP contribution < -0.4 is 0 Å². The molecule has 0 spiro atoms. The van der Waals surface area contributed by atoms with E-state index in [2.05, 4.69) is 13.8 Å². The summed E-state index contributed by atoms with van der Waals surface area (Å²) in [6, 6.07) is 0. The van der Waals surface area contributed by atoms with Gasteiger partial charge in [0.1, 0.15) is 0 Å². The summed E-state index contributed by atoms with van der Waals surface area (Å²) >= 11 is 0. The highest BCUT2D eigenvalue weighted by Crippen LogP contribution is 2.32. The molecule has 0 saturated heterocycles. The number of rotatable bonds is 6. The smallest absolute Gasteiger partial charge is 0.0590 e. The molecule has 0 heterocycles. The topological polar surface area (TPSA) is 40.5 Å². The highest BCUT2D eigenvalue weighted by molar-refractivity contribution is 4.82. The van der Waals surface area contributed by atoms with Crippen molar-refractivity contribution in [3.8, 4) is 0 Å². The summed E-state index contributed by atoms with van der Waals surface area (Å²) in [5, 5.41) is 18.8. The maximum Gasteiger partial charge on any atom is 0.0590 e. The first kappa shape index (κ1) is 11.9. The predicted molar refractivity (Wildman–Crippen MR) is 51.0 cm³/mol.